The van der Waals surface area contributed by atoms with E-state index in [0.717, 1.165) is 0 Å². The summed E-state index contributed by atoms with van der Waals surface area (Å²) in [5.41, 5.74) is 1.43. The quantitative estimate of drug-likeness (QED) is 0.567. The van der Waals surface area contributed by atoms with Crippen molar-refractivity contribution in [2.75, 3.05) is 0 Å². The Balaban J connectivity index is 2.76. The minimum Gasteiger partial charge on any atom is -0.442 e. The molecule has 0 unspecified atom stereocenters. The molecule has 0 aliphatic heterocycles. The fourth-order valence-corrected chi connectivity index (χ4v) is 0.833. The zero-order chi connectivity index (χ0) is 7.68. The smallest absolute Gasteiger partial charge is 0.199 e. The van der Waals surface area contributed by atoms with Gasteiger partial charge in [-0.2, -0.15) is 4.98 Å². The molecule has 0 atom stereocenters. The molecule has 0 aliphatic rings. The van der Waals surface area contributed by atoms with Crippen LogP contribution in [0, 0.1) is 0 Å². The highest BCUT2D eigenvalue weighted by atomic mass is 16.3. The second-order valence-corrected chi connectivity index (χ2v) is 2.03. The predicted molar refractivity (Wildman–Crippen MR) is 37.2 cm³/mol. The fourth-order valence-electron chi connectivity index (χ4n) is 0.833. The molecule has 4 nitrogen and oxygen atoms in total. The highest BCUT2D eigenvalue weighted by Crippen LogP contribution is 2.08. The Labute approximate surface area is 61.9 Å². The van der Waals surface area contributed by atoms with Gasteiger partial charge in [-0.05, 0) is 12.1 Å². The second kappa shape index (κ2) is 2.16. The molecule has 2 aromatic rings. The van der Waals surface area contributed by atoms with Crippen LogP contribution in [-0.4, -0.2) is 16.3 Å². The van der Waals surface area contributed by atoms with Crippen molar-refractivity contribution in [3.05, 3.63) is 24.2 Å². The summed E-state index contributed by atoms with van der Waals surface area (Å²) >= 11 is 0. The van der Waals surface area contributed by atoms with Crippen LogP contribution in [0.3, 0.4) is 0 Å². The number of hydrogen-bond donors (Lipinski definition) is 0. The van der Waals surface area contributed by atoms with Gasteiger partial charge in [0.2, 0.25) is 0 Å². The van der Waals surface area contributed by atoms with Gasteiger partial charge in [0.1, 0.15) is 5.69 Å². The number of fused-ring (bicyclic) bond motifs is 1. The number of aldehydes is 1. The highest BCUT2D eigenvalue weighted by Gasteiger charge is 1.99. The van der Waals surface area contributed by atoms with Crippen molar-refractivity contribution < 1.29 is 9.21 Å². The number of aromatic nitrogens is 2. The molecule has 0 radical (unpaired) electrons. The van der Waals surface area contributed by atoms with E-state index in [2.05, 4.69) is 9.97 Å². The Hall–Kier alpha value is -1.71. The van der Waals surface area contributed by atoms with Gasteiger partial charge >= 0.3 is 0 Å². The van der Waals surface area contributed by atoms with Gasteiger partial charge in [0.25, 0.3) is 0 Å². The molecule has 0 aliphatic carbocycles. The Morgan fingerprint density at radius 1 is 1.45 bits per heavy atom. The van der Waals surface area contributed by atoms with Crippen molar-refractivity contribution in [1.29, 1.82) is 0 Å². The summed E-state index contributed by atoms with van der Waals surface area (Å²) < 4.78 is 4.93. The number of rotatable bonds is 1. The third-order valence-electron chi connectivity index (χ3n) is 1.34. The average molecular weight is 148 g/mol. The van der Waals surface area contributed by atoms with Crippen molar-refractivity contribution in [3.63, 3.8) is 0 Å². The summed E-state index contributed by atoms with van der Waals surface area (Å²) in [6, 6.07) is 3.25. The fraction of sp³-hybridized carbons (Fsp3) is 0. The van der Waals surface area contributed by atoms with Crippen molar-refractivity contribution >= 4 is 17.5 Å². The van der Waals surface area contributed by atoms with Gasteiger partial charge in [0, 0.05) is 0 Å². The van der Waals surface area contributed by atoms with Gasteiger partial charge < -0.3 is 4.42 Å². The van der Waals surface area contributed by atoms with Gasteiger partial charge in [0.05, 0.1) is 0 Å². The number of oxazole rings is 1. The maximum absolute atomic E-state index is 10.3. The van der Waals surface area contributed by atoms with E-state index in [9.17, 15) is 4.79 Å². The number of hydrogen-bond acceptors (Lipinski definition) is 4. The number of pyridine rings is 1. The molecule has 2 heterocycles. The lowest BCUT2D eigenvalue weighted by Gasteiger charge is -1.86. The van der Waals surface area contributed by atoms with E-state index in [-0.39, 0.29) is 0 Å². The van der Waals surface area contributed by atoms with Crippen LogP contribution in [-0.2, 0) is 0 Å². The molecule has 54 valence electrons. The largest absolute Gasteiger partial charge is 0.442 e. The van der Waals surface area contributed by atoms with Gasteiger partial charge in [-0.15, -0.1) is 0 Å². The first kappa shape index (κ1) is 6.03. The Kier molecular flexibility index (Phi) is 1.18. The molecular formula is C7H4N2O2. The number of carbonyl (C=O) groups excluding carboxylic acids is 1. The molecule has 0 N–H and O–H groups in total. The molecule has 11 heavy (non-hydrogen) atoms. The van der Waals surface area contributed by atoms with Crippen molar-refractivity contribution in [2.24, 2.45) is 0 Å². The lowest BCUT2D eigenvalue weighted by atomic mass is 10.4. The Morgan fingerprint density at radius 2 is 2.36 bits per heavy atom. The normalized spacial score (nSPS) is 10.2. The third kappa shape index (κ3) is 0.881. The summed E-state index contributed by atoms with van der Waals surface area (Å²) in [5, 5.41) is 0. The maximum atomic E-state index is 10.3. The predicted octanol–water partition coefficient (Wildman–Crippen LogP) is 1.04. The summed E-state index contributed by atoms with van der Waals surface area (Å²) in [6.07, 6.45) is 1.97. The van der Waals surface area contributed by atoms with Crippen molar-refractivity contribution in [1.82, 2.24) is 9.97 Å². The molecular weight excluding hydrogens is 144 g/mol. The van der Waals surface area contributed by atoms with Gasteiger partial charge in [-0.1, -0.05) is 0 Å². The molecule has 0 bridgehead atoms. The van der Waals surface area contributed by atoms with Gasteiger partial charge in [-0.25, -0.2) is 4.98 Å². The average Bonchev–Trinajstić information content (AvgIpc) is 2.50. The van der Waals surface area contributed by atoms with Crippen LogP contribution < -0.4 is 0 Å². The van der Waals surface area contributed by atoms with E-state index < -0.39 is 0 Å². The van der Waals surface area contributed by atoms with Crippen LogP contribution in [0.2, 0.25) is 0 Å². The monoisotopic (exact) mass is 148 g/mol. The topological polar surface area (TPSA) is 56.0 Å². The van der Waals surface area contributed by atoms with Gasteiger partial charge in [-0.3, -0.25) is 4.79 Å². The lowest BCUT2D eigenvalue weighted by Crippen LogP contribution is -1.85. The Morgan fingerprint density at radius 3 is 3.18 bits per heavy atom. The third-order valence-corrected chi connectivity index (χ3v) is 1.34. The van der Waals surface area contributed by atoms with Crippen LogP contribution in [0.1, 0.15) is 10.5 Å². The van der Waals surface area contributed by atoms with E-state index in [1.165, 1.54) is 6.39 Å². The van der Waals surface area contributed by atoms with E-state index in [1.54, 1.807) is 12.1 Å². The first-order valence-corrected chi connectivity index (χ1v) is 3.05. The molecule has 0 spiro atoms. The summed E-state index contributed by atoms with van der Waals surface area (Å²) in [6.45, 7) is 0. The molecule has 0 saturated carbocycles. The molecule has 0 aromatic carbocycles. The first-order chi connectivity index (χ1) is 5.40. The van der Waals surface area contributed by atoms with Crippen LogP contribution >= 0.6 is 0 Å². The second-order valence-electron chi connectivity index (χ2n) is 2.03. The van der Waals surface area contributed by atoms with Crippen molar-refractivity contribution in [2.45, 2.75) is 0 Å². The summed E-state index contributed by atoms with van der Waals surface area (Å²) in [4.78, 5) is 17.9. The number of carbonyl (C=O) groups is 1. The minimum atomic E-state index is 0.367. The molecule has 0 fully saturated rings. The van der Waals surface area contributed by atoms with E-state index >= 15 is 0 Å². The van der Waals surface area contributed by atoms with Gasteiger partial charge in [0.15, 0.2) is 23.9 Å². The minimum absolute atomic E-state index is 0.367. The highest BCUT2D eigenvalue weighted by molar-refractivity contribution is 5.77. The van der Waals surface area contributed by atoms with E-state index in [0.29, 0.717) is 23.2 Å². The summed E-state index contributed by atoms with van der Waals surface area (Å²) in [7, 11) is 0. The van der Waals surface area contributed by atoms with Crippen LogP contribution in [0.15, 0.2) is 22.9 Å². The van der Waals surface area contributed by atoms with Crippen LogP contribution in [0.4, 0.5) is 0 Å². The van der Waals surface area contributed by atoms with E-state index in [1.807, 2.05) is 0 Å². The summed E-state index contributed by atoms with van der Waals surface area (Å²) in [5.74, 6) is 0. The molecule has 2 rings (SSSR count). The lowest BCUT2D eigenvalue weighted by molar-refractivity contribution is 0.111. The zero-order valence-corrected chi connectivity index (χ0v) is 5.52. The SMILES string of the molecule is O=Cc1ccc2ocnc2n1. The molecule has 0 amide bonds. The molecule has 0 saturated heterocycles. The Bertz CT molecular complexity index is 394. The van der Waals surface area contributed by atoms with Crippen molar-refractivity contribution in [3.8, 4) is 0 Å². The standard InChI is InChI=1S/C7H4N2O2/c10-3-5-1-2-6-7(9-5)8-4-11-6/h1-4H. The molecule has 4 heteroatoms. The maximum Gasteiger partial charge on any atom is 0.199 e. The zero-order valence-electron chi connectivity index (χ0n) is 5.52. The number of nitrogens with zero attached hydrogens (tertiary/aromatic N) is 2. The van der Waals surface area contributed by atoms with Crippen LogP contribution in [0.5, 0.6) is 0 Å². The molecule has 2 aromatic heterocycles. The van der Waals surface area contributed by atoms with Crippen LogP contribution in [0.25, 0.3) is 11.2 Å². The first-order valence-electron chi connectivity index (χ1n) is 3.05. The van der Waals surface area contributed by atoms with E-state index in [4.69, 9.17) is 4.42 Å².